The second-order valence-electron chi connectivity index (χ2n) is 1.84. The predicted octanol–water partition coefficient (Wildman–Crippen LogP) is 0.746. The molecule has 0 unspecified atom stereocenters. The number of carboxylic acids is 1. The van der Waals surface area contributed by atoms with Gasteiger partial charge in [0.05, 0.1) is 6.61 Å². The van der Waals surface area contributed by atoms with Gasteiger partial charge in [-0.25, -0.2) is 9.59 Å². The van der Waals surface area contributed by atoms with Crippen LogP contribution in [0.2, 0.25) is 0 Å². The molecule has 4 nitrogen and oxygen atoms in total. The minimum atomic E-state index is -1.31. The number of hydrogen-bond donors (Lipinski definition) is 1. The van der Waals surface area contributed by atoms with Gasteiger partial charge in [-0.15, -0.1) is 0 Å². The SMILES string of the molecule is C=CC=C(C(=O)O)C(=O)OCC. The Kier molecular flexibility index (Phi) is 4.45. The van der Waals surface area contributed by atoms with Crippen molar-refractivity contribution < 1.29 is 19.4 Å². The summed E-state index contributed by atoms with van der Waals surface area (Å²) in [6.45, 7) is 5.03. The summed E-state index contributed by atoms with van der Waals surface area (Å²) in [6.07, 6.45) is 2.32. The standard InChI is InChI=1S/C8H10O4/c1-3-5-6(7(9)10)8(11)12-4-2/h3,5H,1,4H2,2H3,(H,9,10). The lowest BCUT2D eigenvalue weighted by molar-refractivity contribution is -0.143. The third-order valence-electron chi connectivity index (χ3n) is 1.01. The summed E-state index contributed by atoms with van der Waals surface area (Å²) in [5, 5.41) is 8.48. The molecule has 0 heterocycles. The Morgan fingerprint density at radius 2 is 2.17 bits per heavy atom. The van der Waals surface area contributed by atoms with E-state index in [1.54, 1.807) is 6.92 Å². The van der Waals surface area contributed by atoms with Crippen LogP contribution in [0.25, 0.3) is 0 Å². The van der Waals surface area contributed by atoms with Gasteiger partial charge in [0.2, 0.25) is 0 Å². The van der Waals surface area contributed by atoms with Gasteiger partial charge in [0.25, 0.3) is 0 Å². The number of carboxylic acid groups (broad SMARTS) is 1. The molecule has 0 saturated carbocycles. The van der Waals surface area contributed by atoms with Crippen molar-refractivity contribution in [3.05, 3.63) is 24.3 Å². The fraction of sp³-hybridized carbons (Fsp3) is 0.250. The lowest BCUT2D eigenvalue weighted by atomic mass is 10.2. The molecular formula is C8H10O4. The van der Waals surface area contributed by atoms with Crippen LogP contribution in [-0.4, -0.2) is 23.7 Å². The molecule has 0 aromatic carbocycles. The lowest BCUT2D eigenvalue weighted by Gasteiger charge is -2.00. The molecule has 0 aromatic rings. The van der Waals surface area contributed by atoms with Crippen LogP contribution in [0.4, 0.5) is 0 Å². The van der Waals surface area contributed by atoms with Crippen LogP contribution in [-0.2, 0) is 14.3 Å². The first-order valence-corrected chi connectivity index (χ1v) is 3.36. The molecule has 0 rings (SSSR count). The maximum atomic E-state index is 10.9. The zero-order chi connectivity index (χ0) is 9.56. The molecule has 4 heteroatoms. The molecule has 12 heavy (non-hydrogen) atoms. The van der Waals surface area contributed by atoms with Gasteiger partial charge in [-0.3, -0.25) is 0 Å². The van der Waals surface area contributed by atoms with Crippen molar-refractivity contribution in [3.8, 4) is 0 Å². The van der Waals surface area contributed by atoms with E-state index in [2.05, 4.69) is 11.3 Å². The molecule has 0 fully saturated rings. The Hall–Kier alpha value is -1.58. The summed E-state index contributed by atoms with van der Waals surface area (Å²) in [5.41, 5.74) is -0.410. The molecule has 0 aliphatic heterocycles. The highest BCUT2D eigenvalue weighted by Gasteiger charge is 2.16. The average Bonchev–Trinajstić information content (AvgIpc) is 1.99. The Bertz CT molecular complexity index is 227. The molecule has 0 amide bonds. The van der Waals surface area contributed by atoms with Crippen molar-refractivity contribution in [1.29, 1.82) is 0 Å². The molecule has 0 aliphatic rings. The number of hydrogen-bond acceptors (Lipinski definition) is 3. The highest BCUT2D eigenvalue weighted by Crippen LogP contribution is 1.98. The number of carbonyl (C=O) groups is 2. The van der Waals surface area contributed by atoms with Crippen molar-refractivity contribution in [2.45, 2.75) is 6.92 Å². The van der Waals surface area contributed by atoms with E-state index in [9.17, 15) is 9.59 Å². The second kappa shape index (κ2) is 5.12. The molecule has 0 radical (unpaired) electrons. The van der Waals surface area contributed by atoms with Crippen LogP contribution in [0.3, 0.4) is 0 Å². The van der Waals surface area contributed by atoms with Crippen LogP contribution in [0.15, 0.2) is 24.3 Å². The second-order valence-corrected chi connectivity index (χ2v) is 1.84. The quantitative estimate of drug-likeness (QED) is 0.222. The maximum absolute atomic E-state index is 10.9. The summed E-state index contributed by atoms with van der Waals surface area (Å²) in [5.74, 6) is -2.15. The average molecular weight is 170 g/mol. The number of carbonyl (C=O) groups excluding carboxylic acids is 1. The third-order valence-corrected chi connectivity index (χ3v) is 1.01. The van der Waals surface area contributed by atoms with Gasteiger partial charge in [0.1, 0.15) is 5.57 Å². The molecule has 0 aliphatic carbocycles. The largest absolute Gasteiger partial charge is 0.477 e. The van der Waals surface area contributed by atoms with E-state index >= 15 is 0 Å². The summed E-state index contributed by atoms with van der Waals surface area (Å²) >= 11 is 0. The minimum absolute atomic E-state index is 0.153. The van der Waals surface area contributed by atoms with E-state index in [0.29, 0.717) is 0 Å². The van der Waals surface area contributed by atoms with Gasteiger partial charge in [0.15, 0.2) is 0 Å². The molecule has 0 bridgehead atoms. The summed E-state index contributed by atoms with van der Waals surface area (Å²) in [4.78, 5) is 21.2. The first kappa shape index (κ1) is 10.4. The molecule has 0 atom stereocenters. The lowest BCUT2D eigenvalue weighted by Crippen LogP contribution is -2.14. The molecule has 66 valence electrons. The Morgan fingerprint density at radius 3 is 2.50 bits per heavy atom. The van der Waals surface area contributed by atoms with Crippen LogP contribution in [0.1, 0.15) is 6.92 Å². The normalized spacial score (nSPS) is 10.6. The van der Waals surface area contributed by atoms with Crippen LogP contribution >= 0.6 is 0 Å². The molecule has 0 aromatic heterocycles. The van der Waals surface area contributed by atoms with E-state index in [0.717, 1.165) is 6.08 Å². The zero-order valence-electron chi connectivity index (χ0n) is 6.74. The third kappa shape index (κ3) is 3.01. The van der Waals surface area contributed by atoms with E-state index in [4.69, 9.17) is 5.11 Å². The summed E-state index contributed by atoms with van der Waals surface area (Å²) < 4.78 is 4.48. The number of aliphatic carboxylic acids is 1. The van der Waals surface area contributed by atoms with Gasteiger partial charge in [0, 0.05) is 0 Å². The Labute approximate surface area is 70.1 Å². The topological polar surface area (TPSA) is 63.6 Å². The minimum Gasteiger partial charge on any atom is -0.477 e. The van der Waals surface area contributed by atoms with Gasteiger partial charge >= 0.3 is 11.9 Å². The van der Waals surface area contributed by atoms with Crippen molar-refractivity contribution >= 4 is 11.9 Å². The van der Waals surface area contributed by atoms with Crippen LogP contribution in [0, 0.1) is 0 Å². The number of allylic oxidation sites excluding steroid dienone is 2. The molecule has 0 saturated heterocycles. The van der Waals surface area contributed by atoms with Gasteiger partial charge < -0.3 is 9.84 Å². The molecular weight excluding hydrogens is 160 g/mol. The monoisotopic (exact) mass is 170 g/mol. The Balaban J connectivity index is 4.52. The van der Waals surface area contributed by atoms with Gasteiger partial charge in [-0.05, 0) is 13.0 Å². The van der Waals surface area contributed by atoms with Crippen molar-refractivity contribution in [1.82, 2.24) is 0 Å². The molecule has 0 spiro atoms. The van der Waals surface area contributed by atoms with Crippen molar-refractivity contribution in [2.24, 2.45) is 0 Å². The van der Waals surface area contributed by atoms with Crippen molar-refractivity contribution in [2.75, 3.05) is 6.61 Å². The van der Waals surface area contributed by atoms with Crippen LogP contribution in [0.5, 0.6) is 0 Å². The highest BCUT2D eigenvalue weighted by molar-refractivity contribution is 6.13. The Morgan fingerprint density at radius 1 is 1.58 bits per heavy atom. The number of esters is 1. The summed E-state index contributed by atoms with van der Waals surface area (Å²) in [7, 11) is 0. The van der Waals surface area contributed by atoms with Crippen LogP contribution < -0.4 is 0 Å². The number of ether oxygens (including phenoxy) is 1. The predicted molar refractivity (Wildman–Crippen MR) is 42.5 cm³/mol. The first-order valence-electron chi connectivity index (χ1n) is 3.36. The van der Waals surface area contributed by atoms with E-state index in [-0.39, 0.29) is 6.61 Å². The van der Waals surface area contributed by atoms with Gasteiger partial charge in [-0.2, -0.15) is 0 Å². The zero-order valence-corrected chi connectivity index (χ0v) is 6.74. The van der Waals surface area contributed by atoms with E-state index in [1.807, 2.05) is 0 Å². The van der Waals surface area contributed by atoms with Crippen molar-refractivity contribution in [3.63, 3.8) is 0 Å². The fourth-order valence-corrected chi connectivity index (χ4v) is 0.553. The molecule has 1 N–H and O–H groups in total. The maximum Gasteiger partial charge on any atom is 0.345 e. The van der Waals surface area contributed by atoms with E-state index < -0.39 is 17.5 Å². The first-order chi connectivity index (χ1) is 5.63. The number of rotatable bonds is 4. The van der Waals surface area contributed by atoms with E-state index in [1.165, 1.54) is 6.08 Å². The summed E-state index contributed by atoms with van der Waals surface area (Å²) in [6, 6.07) is 0. The highest BCUT2D eigenvalue weighted by atomic mass is 16.5. The smallest absolute Gasteiger partial charge is 0.345 e. The fourth-order valence-electron chi connectivity index (χ4n) is 0.553. The van der Waals surface area contributed by atoms with Gasteiger partial charge in [-0.1, -0.05) is 12.7 Å².